The van der Waals surface area contributed by atoms with Gasteiger partial charge in [0.15, 0.2) is 0 Å². The lowest BCUT2D eigenvalue weighted by Crippen LogP contribution is -2.29. The number of carbonyl (C=O) groups excluding carboxylic acids is 1. The predicted molar refractivity (Wildman–Crippen MR) is 94.2 cm³/mol. The molecule has 2 aromatic rings. The third kappa shape index (κ3) is 3.62. The molecule has 0 unspecified atom stereocenters. The van der Waals surface area contributed by atoms with Crippen LogP contribution in [0, 0.1) is 11.3 Å². The van der Waals surface area contributed by atoms with E-state index in [0.717, 1.165) is 42.6 Å². The summed E-state index contributed by atoms with van der Waals surface area (Å²) < 4.78 is 5.49. The van der Waals surface area contributed by atoms with Crippen molar-refractivity contribution in [1.29, 1.82) is 5.26 Å². The molecule has 1 saturated heterocycles. The van der Waals surface area contributed by atoms with Gasteiger partial charge in [0.1, 0.15) is 16.8 Å². The van der Waals surface area contributed by atoms with Crippen LogP contribution < -0.4 is 4.74 Å². The lowest BCUT2D eigenvalue weighted by atomic mass is 10.1. The number of aromatic nitrogens is 1. The summed E-state index contributed by atoms with van der Waals surface area (Å²) in [6.07, 6.45) is 2.16. The van der Waals surface area contributed by atoms with Gasteiger partial charge in [-0.15, -0.1) is 0 Å². The van der Waals surface area contributed by atoms with Gasteiger partial charge in [0.2, 0.25) is 5.91 Å². The quantitative estimate of drug-likeness (QED) is 0.781. The van der Waals surface area contributed by atoms with Crippen LogP contribution >= 0.6 is 11.8 Å². The van der Waals surface area contributed by atoms with Gasteiger partial charge in [-0.25, -0.2) is 4.98 Å². The Morgan fingerprint density at radius 3 is 2.88 bits per heavy atom. The van der Waals surface area contributed by atoms with E-state index in [0.29, 0.717) is 22.9 Å². The number of likely N-dealkylation sites (tertiary alicyclic amines) is 1. The second-order valence-corrected chi connectivity index (χ2v) is 6.58. The summed E-state index contributed by atoms with van der Waals surface area (Å²) in [4.78, 5) is 18.6. The van der Waals surface area contributed by atoms with E-state index in [2.05, 4.69) is 11.1 Å². The average Bonchev–Trinajstić information content (AvgIpc) is 3.14. The van der Waals surface area contributed by atoms with Crippen LogP contribution in [0.2, 0.25) is 0 Å². The number of rotatable bonds is 5. The molecule has 1 aromatic carbocycles. The Kier molecular flexibility index (Phi) is 5.21. The van der Waals surface area contributed by atoms with Gasteiger partial charge in [0.05, 0.1) is 23.4 Å². The highest BCUT2D eigenvalue weighted by atomic mass is 32.2. The Morgan fingerprint density at radius 1 is 1.38 bits per heavy atom. The molecule has 1 aliphatic heterocycles. The average molecular weight is 341 g/mol. The molecule has 0 saturated carbocycles. The van der Waals surface area contributed by atoms with Crippen LogP contribution in [0.5, 0.6) is 5.75 Å². The molecule has 6 heteroatoms. The fourth-order valence-corrected chi connectivity index (χ4v) is 3.64. The highest BCUT2D eigenvalue weighted by molar-refractivity contribution is 8.00. The van der Waals surface area contributed by atoms with Crippen LogP contribution in [0.3, 0.4) is 0 Å². The zero-order chi connectivity index (χ0) is 16.9. The number of carbonyl (C=O) groups is 1. The Hall–Kier alpha value is -2.26. The Morgan fingerprint density at radius 2 is 2.17 bits per heavy atom. The minimum absolute atomic E-state index is 0.120. The minimum atomic E-state index is 0.120. The number of ether oxygens (including phenoxy) is 1. The summed E-state index contributed by atoms with van der Waals surface area (Å²) in [6, 6.07) is 9.63. The Bertz CT molecular complexity index is 795. The van der Waals surface area contributed by atoms with Gasteiger partial charge in [0.25, 0.3) is 0 Å². The van der Waals surface area contributed by atoms with Crippen molar-refractivity contribution in [3.63, 3.8) is 0 Å². The first kappa shape index (κ1) is 16.6. The fraction of sp³-hybridized carbons (Fsp3) is 0.389. The summed E-state index contributed by atoms with van der Waals surface area (Å²) in [5.41, 5.74) is 1.30. The number of benzene rings is 1. The molecule has 24 heavy (non-hydrogen) atoms. The van der Waals surface area contributed by atoms with Gasteiger partial charge < -0.3 is 9.64 Å². The molecule has 0 spiro atoms. The van der Waals surface area contributed by atoms with Gasteiger partial charge in [0, 0.05) is 18.5 Å². The fourth-order valence-electron chi connectivity index (χ4n) is 2.77. The highest BCUT2D eigenvalue weighted by Gasteiger charge is 2.19. The van der Waals surface area contributed by atoms with Gasteiger partial charge in [-0.05, 0) is 44.0 Å². The molecule has 0 aliphatic carbocycles. The van der Waals surface area contributed by atoms with Crippen LogP contribution in [-0.4, -0.2) is 41.2 Å². The second-order valence-electron chi connectivity index (χ2n) is 5.62. The first-order valence-corrected chi connectivity index (χ1v) is 9.08. The molecule has 124 valence electrons. The van der Waals surface area contributed by atoms with Crippen molar-refractivity contribution in [1.82, 2.24) is 9.88 Å². The molecule has 0 bridgehead atoms. The van der Waals surface area contributed by atoms with Crippen molar-refractivity contribution < 1.29 is 9.53 Å². The molecule has 1 aliphatic rings. The predicted octanol–water partition coefficient (Wildman–Crippen LogP) is 3.22. The molecule has 1 amide bonds. The van der Waals surface area contributed by atoms with Crippen LogP contribution in [0.15, 0.2) is 29.3 Å². The van der Waals surface area contributed by atoms with E-state index in [1.165, 1.54) is 11.8 Å². The summed E-state index contributed by atoms with van der Waals surface area (Å²) in [5, 5.41) is 10.9. The standard InChI is InChI=1S/C18H19N3O2S/c1-2-23-15-5-6-16-13(10-15)9-14(11-19)18(20-16)24-12-17(22)21-7-3-4-8-21/h5-6,9-10H,2-4,7-8,12H2,1H3. The third-order valence-electron chi connectivity index (χ3n) is 3.97. The van der Waals surface area contributed by atoms with Crippen molar-refractivity contribution in [2.45, 2.75) is 24.8 Å². The summed E-state index contributed by atoms with van der Waals surface area (Å²) in [7, 11) is 0. The molecule has 1 fully saturated rings. The maximum atomic E-state index is 12.2. The van der Waals surface area contributed by atoms with Crippen LogP contribution in [0.25, 0.3) is 10.9 Å². The molecule has 0 radical (unpaired) electrons. The number of pyridine rings is 1. The number of nitriles is 1. The second kappa shape index (κ2) is 7.54. The molecular weight excluding hydrogens is 322 g/mol. The lowest BCUT2D eigenvalue weighted by Gasteiger charge is -2.14. The van der Waals surface area contributed by atoms with Crippen molar-refractivity contribution in [3.05, 3.63) is 29.8 Å². The van der Waals surface area contributed by atoms with E-state index in [1.54, 1.807) is 0 Å². The summed E-state index contributed by atoms with van der Waals surface area (Å²) >= 11 is 1.34. The van der Waals surface area contributed by atoms with Crippen molar-refractivity contribution in [2.24, 2.45) is 0 Å². The van der Waals surface area contributed by atoms with Gasteiger partial charge >= 0.3 is 0 Å². The maximum Gasteiger partial charge on any atom is 0.232 e. The first-order chi connectivity index (χ1) is 11.7. The van der Waals surface area contributed by atoms with Crippen LogP contribution in [0.1, 0.15) is 25.3 Å². The number of hydrogen-bond donors (Lipinski definition) is 0. The maximum absolute atomic E-state index is 12.2. The zero-order valence-electron chi connectivity index (χ0n) is 13.6. The highest BCUT2D eigenvalue weighted by Crippen LogP contribution is 2.27. The van der Waals surface area contributed by atoms with Gasteiger partial charge in [-0.3, -0.25) is 4.79 Å². The normalized spacial score (nSPS) is 13.9. The van der Waals surface area contributed by atoms with E-state index in [1.807, 2.05) is 36.1 Å². The van der Waals surface area contributed by atoms with E-state index in [-0.39, 0.29) is 5.91 Å². The largest absolute Gasteiger partial charge is 0.494 e. The van der Waals surface area contributed by atoms with E-state index in [4.69, 9.17) is 4.74 Å². The topological polar surface area (TPSA) is 66.2 Å². The number of hydrogen-bond acceptors (Lipinski definition) is 5. The van der Waals surface area contributed by atoms with Gasteiger partial charge in [-0.1, -0.05) is 11.8 Å². The van der Waals surface area contributed by atoms with Crippen LogP contribution in [0.4, 0.5) is 0 Å². The number of thioether (sulfide) groups is 1. The summed E-state index contributed by atoms with van der Waals surface area (Å²) in [5.74, 6) is 1.21. The monoisotopic (exact) mass is 341 g/mol. The smallest absolute Gasteiger partial charge is 0.232 e. The van der Waals surface area contributed by atoms with E-state index in [9.17, 15) is 10.1 Å². The van der Waals surface area contributed by atoms with E-state index < -0.39 is 0 Å². The number of nitrogens with zero attached hydrogens (tertiary/aromatic N) is 3. The lowest BCUT2D eigenvalue weighted by molar-refractivity contribution is -0.127. The SMILES string of the molecule is CCOc1ccc2nc(SCC(=O)N3CCCC3)c(C#N)cc2c1. The summed E-state index contributed by atoms with van der Waals surface area (Å²) in [6.45, 7) is 4.21. The minimum Gasteiger partial charge on any atom is -0.494 e. The zero-order valence-corrected chi connectivity index (χ0v) is 14.4. The van der Waals surface area contributed by atoms with Crippen LogP contribution in [-0.2, 0) is 4.79 Å². The molecule has 3 rings (SSSR count). The first-order valence-electron chi connectivity index (χ1n) is 8.09. The third-order valence-corrected chi connectivity index (χ3v) is 4.95. The molecule has 1 aromatic heterocycles. The molecular formula is C18H19N3O2S. The number of fused-ring (bicyclic) bond motifs is 1. The molecule has 0 atom stereocenters. The van der Waals surface area contributed by atoms with Gasteiger partial charge in [-0.2, -0.15) is 5.26 Å². The van der Waals surface area contributed by atoms with Crippen molar-refractivity contribution in [2.75, 3.05) is 25.4 Å². The van der Waals surface area contributed by atoms with E-state index >= 15 is 0 Å². The molecule has 2 heterocycles. The molecule has 5 nitrogen and oxygen atoms in total. The van der Waals surface area contributed by atoms with Crippen molar-refractivity contribution in [3.8, 4) is 11.8 Å². The number of amides is 1. The molecule has 0 N–H and O–H groups in total. The Balaban J connectivity index is 1.80. The Labute approximate surface area is 145 Å². The van der Waals surface area contributed by atoms with Crippen molar-refractivity contribution >= 4 is 28.6 Å².